The van der Waals surface area contributed by atoms with Crippen LogP contribution in [0.1, 0.15) is 44.2 Å². The lowest BCUT2D eigenvalue weighted by Crippen LogP contribution is -2.49. The number of nitrogens with zero attached hydrogens (tertiary/aromatic N) is 1. The molecule has 1 N–H and O–H groups in total. The fourth-order valence-electron chi connectivity index (χ4n) is 3.31. The maximum atomic E-state index is 14.3. The number of amides is 2. The molecule has 7 heteroatoms. The standard InChI is InChI=1S/C24H30ClFN2O3/c1-4-6-14-27-24(30)22(5-2)28(16-17-10-12-18(31-3)13-11-17)23(29)15-19-20(25)8-7-9-21(19)26/h7-13,22H,4-6,14-16H2,1-3H3,(H,27,30). The van der Waals surface area contributed by atoms with Crippen molar-refractivity contribution in [1.29, 1.82) is 0 Å². The second-order valence-electron chi connectivity index (χ2n) is 7.32. The van der Waals surface area contributed by atoms with Gasteiger partial charge in [-0.05, 0) is 42.7 Å². The van der Waals surface area contributed by atoms with Gasteiger partial charge in [-0.1, -0.05) is 50.1 Å². The van der Waals surface area contributed by atoms with E-state index in [9.17, 15) is 14.0 Å². The molecule has 0 saturated carbocycles. The quantitative estimate of drug-likeness (QED) is 0.504. The molecule has 0 aliphatic carbocycles. The van der Waals surface area contributed by atoms with Gasteiger partial charge in [-0.15, -0.1) is 0 Å². The summed E-state index contributed by atoms with van der Waals surface area (Å²) in [5, 5.41) is 3.10. The van der Waals surface area contributed by atoms with Gasteiger partial charge >= 0.3 is 0 Å². The molecule has 0 saturated heterocycles. The van der Waals surface area contributed by atoms with Gasteiger partial charge in [0.15, 0.2) is 0 Å². The predicted octanol–water partition coefficient (Wildman–Crippen LogP) is 4.75. The minimum absolute atomic E-state index is 0.134. The van der Waals surface area contributed by atoms with E-state index >= 15 is 0 Å². The molecule has 2 rings (SSSR count). The first-order chi connectivity index (χ1) is 14.9. The van der Waals surface area contributed by atoms with Gasteiger partial charge in [0.1, 0.15) is 17.6 Å². The average Bonchev–Trinajstić information content (AvgIpc) is 2.76. The van der Waals surface area contributed by atoms with Crippen LogP contribution in [0.15, 0.2) is 42.5 Å². The van der Waals surface area contributed by atoms with Crippen LogP contribution in [0, 0.1) is 5.82 Å². The average molecular weight is 449 g/mol. The lowest BCUT2D eigenvalue weighted by Gasteiger charge is -2.31. The SMILES string of the molecule is CCCCNC(=O)C(CC)N(Cc1ccc(OC)cc1)C(=O)Cc1c(F)cccc1Cl. The number of carbonyl (C=O) groups is 2. The zero-order chi connectivity index (χ0) is 22.8. The van der Waals surface area contributed by atoms with Crippen LogP contribution in [0.25, 0.3) is 0 Å². The van der Waals surface area contributed by atoms with Gasteiger partial charge in [0.2, 0.25) is 11.8 Å². The third-order valence-corrected chi connectivity index (χ3v) is 5.47. The van der Waals surface area contributed by atoms with Crippen LogP contribution < -0.4 is 10.1 Å². The van der Waals surface area contributed by atoms with Crippen molar-refractivity contribution >= 4 is 23.4 Å². The zero-order valence-corrected chi connectivity index (χ0v) is 19.0. The first kappa shape index (κ1) is 24.7. The van der Waals surface area contributed by atoms with E-state index < -0.39 is 11.9 Å². The number of hydrogen-bond donors (Lipinski definition) is 1. The second kappa shape index (κ2) is 12.3. The first-order valence-corrected chi connectivity index (χ1v) is 10.9. The second-order valence-corrected chi connectivity index (χ2v) is 7.72. The van der Waals surface area contributed by atoms with Crippen molar-refractivity contribution in [2.45, 2.75) is 52.1 Å². The Morgan fingerprint density at radius 2 is 1.87 bits per heavy atom. The maximum Gasteiger partial charge on any atom is 0.242 e. The molecule has 0 heterocycles. The molecular formula is C24H30ClFN2O3. The van der Waals surface area contributed by atoms with Crippen LogP contribution in [0.2, 0.25) is 5.02 Å². The summed E-state index contributed by atoms with van der Waals surface area (Å²) in [5.74, 6) is -0.410. The monoisotopic (exact) mass is 448 g/mol. The van der Waals surface area contributed by atoms with Gasteiger partial charge in [-0.3, -0.25) is 9.59 Å². The predicted molar refractivity (Wildman–Crippen MR) is 121 cm³/mol. The van der Waals surface area contributed by atoms with Crippen LogP contribution in [-0.4, -0.2) is 36.4 Å². The first-order valence-electron chi connectivity index (χ1n) is 10.5. The fourth-order valence-corrected chi connectivity index (χ4v) is 3.54. The summed E-state index contributed by atoms with van der Waals surface area (Å²) in [5.41, 5.74) is 0.976. The molecule has 2 amide bonds. The molecule has 0 aliphatic rings. The number of hydrogen-bond acceptors (Lipinski definition) is 3. The Morgan fingerprint density at radius 1 is 1.16 bits per heavy atom. The summed E-state index contributed by atoms with van der Waals surface area (Å²) in [4.78, 5) is 27.6. The van der Waals surface area contributed by atoms with E-state index in [1.54, 1.807) is 25.3 Å². The summed E-state index contributed by atoms with van der Waals surface area (Å²) in [6, 6.07) is 10.9. The van der Waals surface area contributed by atoms with Gasteiger partial charge in [0.05, 0.1) is 13.5 Å². The number of benzene rings is 2. The Morgan fingerprint density at radius 3 is 2.45 bits per heavy atom. The lowest BCUT2D eigenvalue weighted by atomic mass is 10.1. The fraction of sp³-hybridized carbons (Fsp3) is 0.417. The largest absolute Gasteiger partial charge is 0.497 e. The molecular weight excluding hydrogens is 419 g/mol. The third-order valence-electron chi connectivity index (χ3n) is 5.12. The highest BCUT2D eigenvalue weighted by Crippen LogP contribution is 2.22. The van der Waals surface area contributed by atoms with Gasteiger partial charge in [-0.25, -0.2) is 4.39 Å². The topological polar surface area (TPSA) is 58.6 Å². The van der Waals surface area contributed by atoms with E-state index in [2.05, 4.69) is 5.32 Å². The van der Waals surface area contributed by atoms with E-state index in [4.69, 9.17) is 16.3 Å². The molecule has 31 heavy (non-hydrogen) atoms. The number of carbonyl (C=O) groups excluding carboxylic acids is 2. The number of nitrogens with one attached hydrogen (secondary N) is 1. The molecule has 5 nitrogen and oxygen atoms in total. The normalized spacial score (nSPS) is 11.6. The molecule has 0 spiro atoms. The van der Waals surface area contributed by atoms with Gasteiger partial charge in [0, 0.05) is 23.7 Å². The molecule has 1 unspecified atom stereocenters. The summed E-state index contributed by atoms with van der Waals surface area (Å²) < 4.78 is 19.5. The highest BCUT2D eigenvalue weighted by molar-refractivity contribution is 6.31. The Balaban J connectivity index is 2.30. The van der Waals surface area contributed by atoms with E-state index in [1.165, 1.54) is 17.0 Å². The highest BCUT2D eigenvalue weighted by atomic mass is 35.5. The molecule has 0 aliphatic heterocycles. The molecule has 168 valence electrons. The Hall–Kier alpha value is -2.60. The van der Waals surface area contributed by atoms with E-state index in [0.717, 1.165) is 18.4 Å². The summed E-state index contributed by atoms with van der Waals surface area (Å²) >= 11 is 6.13. The Kier molecular flexibility index (Phi) is 9.79. The molecule has 0 radical (unpaired) electrons. The summed E-state index contributed by atoms with van der Waals surface area (Å²) in [6.07, 6.45) is 2.03. The number of unbranched alkanes of at least 4 members (excludes halogenated alkanes) is 1. The van der Waals surface area contributed by atoms with Crippen molar-refractivity contribution in [1.82, 2.24) is 10.2 Å². The van der Waals surface area contributed by atoms with Crippen molar-refractivity contribution in [2.24, 2.45) is 0 Å². The molecule has 2 aromatic carbocycles. The van der Waals surface area contributed by atoms with Crippen molar-refractivity contribution in [3.63, 3.8) is 0 Å². The number of ether oxygens (including phenoxy) is 1. The Labute approximate surface area is 188 Å². The molecule has 0 bridgehead atoms. The van der Waals surface area contributed by atoms with E-state index in [1.807, 2.05) is 26.0 Å². The van der Waals surface area contributed by atoms with Crippen molar-refractivity contribution in [3.8, 4) is 5.75 Å². The lowest BCUT2D eigenvalue weighted by molar-refractivity contribution is -0.141. The molecule has 1 atom stereocenters. The van der Waals surface area contributed by atoms with Crippen LogP contribution >= 0.6 is 11.6 Å². The summed E-state index contributed by atoms with van der Waals surface area (Å²) in [6.45, 7) is 4.67. The van der Waals surface area contributed by atoms with E-state index in [-0.39, 0.29) is 35.4 Å². The van der Waals surface area contributed by atoms with Crippen LogP contribution in [0.4, 0.5) is 4.39 Å². The van der Waals surface area contributed by atoms with Crippen molar-refractivity contribution in [3.05, 3.63) is 64.4 Å². The molecule has 0 aromatic heterocycles. The Bertz CT molecular complexity index is 853. The number of halogens is 2. The highest BCUT2D eigenvalue weighted by Gasteiger charge is 2.29. The minimum atomic E-state index is -0.669. The number of rotatable bonds is 11. The number of methoxy groups -OCH3 is 1. The van der Waals surface area contributed by atoms with Crippen LogP contribution in [-0.2, 0) is 22.6 Å². The zero-order valence-electron chi connectivity index (χ0n) is 18.3. The van der Waals surface area contributed by atoms with E-state index in [0.29, 0.717) is 18.7 Å². The minimum Gasteiger partial charge on any atom is -0.497 e. The van der Waals surface area contributed by atoms with Crippen LogP contribution in [0.3, 0.4) is 0 Å². The third kappa shape index (κ3) is 6.96. The smallest absolute Gasteiger partial charge is 0.242 e. The molecule has 0 fully saturated rings. The van der Waals surface area contributed by atoms with Crippen LogP contribution in [0.5, 0.6) is 5.75 Å². The van der Waals surface area contributed by atoms with Crippen molar-refractivity contribution < 1.29 is 18.7 Å². The van der Waals surface area contributed by atoms with Gasteiger partial charge in [0.25, 0.3) is 0 Å². The maximum absolute atomic E-state index is 14.3. The van der Waals surface area contributed by atoms with Crippen molar-refractivity contribution in [2.75, 3.05) is 13.7 Å². The molecule has 2 aromatic rings. The van der Waals surface area contributed by atoms with Gasteiger partial charge < -0.3 is 15.0 Å². The van der Waals surface area contributed by atoms with Gasteiger partial charge in [-0.2, -0.15) is 0 Å². The summed E-state index contributed by atoms with van der Waals surface area (Å²) in [7, 11) is 1.58.